The molecule has 2 aliphatic heterocycles. The Hall–Kier alpha value is -2.66. The standard InChI is InChI=1S/C36H54O9S/c1-6-7-19-35(44-23-8-9-32(38)39)21-22-36(45-31(35)16-12-26(3)24-34(42)43)20-18-28(5)30(46-36)15-11-25(2)10-14-29(37)27(4)13-17-33(40)41/h10-14,16-17,24,27-31,37H,6-9,15,18-23H2,1-5H3,(H,38,39)(H,40,41)(H,42,43)/b14-10+,16-12+,17-13+,25-11+,26-24+. The van der Waals surface area contributed by atoms with Gasteiger partial charge in [-0.05, 0) is 70.3 Å². The molecular formula is C36H54O9S. The molecule has 0 bridgehead atoms. The molecule has 0 aromatic heterocycles. The lowest BCUT2D eigenvalue weighted by atomic mass is 9.80. The predicted octanol–water partition coefficient (Wildman–Crippen LogP) is 7.32. The minimum absolute atomic E-state index is 0.0346. The van der Waals surface area contributed by atoms with Crippen LogP contribution in [0.1, 0.15) is 98.8 Å². The zero-order valence-electron chi connectivity index (χ0n) is 28.0. The van der Waals surface area contributed by atoms with Crippen molar-refractivity contribution >= 4 is 29.7 Å². The van der Waals surface area contributed by atoms with Gasteiger partial charge in [0.1, 0.15) is 11.0 Å². The Morgan fingerprint density at radius 3 is 2.39 bits per heavy atom. The van der Waals surface area contributed by atoms with E-state index in [0.29, 0.717) is 29.8 Å². The van der Waals surface area contributed by atoms with Crippen LogP contribution in [0.2, 0.25) is 0 Å². The van der Waals surface area contributed by atoms with E-state index >= 15 is 0 Å². The van der Waals surface area contributed by atoms with Crippen LogP contribution in [0.5, 0.6) is 0 Å². The number of carbonyl (C=O) groups is 3. The molecule has 2 rings (SSSR count). The van der Waals surface area contributed by atoms with Crippen LogP contribution in [0.25, 0.3) is 0 Å². The third kappa shape index (κ3) is 13.2. The second-order valence-corrected chi connectivity index (χ2v) is 14.4. The van der Waals surface area contributed by atoms with Gasteiger partial charge in [0.15, 0.2) is 0 Å². The molecule has 0 saturated carbocycles. The van der Waals surface area contributed by atoms with E-state index in [4.69, 9.17) is 19.7 Å². The maximum atomic E-state index is 11.3. The number of unbranched alkanes of at least 4 members (excludes halogenated alkanes) is 1. The number of thioether (sulfide) groups is 1. The second-order valence-electron chi connectivity index (χ2n) is 12.8. The molecule has 2 heterocycles. The highest BCUT2D eigenvalue weighted by molar-refractivity contribution is 8.01. The van der Waals surface area contributed by atoms with Gasteiger partial charge in [-0.1, -0.05) is 75.6 Å². The van der Waals surface area contributed by atoms with Crippen molar-refractivity contribution in [2.45, 2.75) is 127 Å². The smallest absolute Gasteiger partial charge is 0.328 e. The highest BCUT2D eigenvalue weighted by Crippen LogP contribution is 2.54. The maximum Gasteiger partial charge on any atom is 0.328 e. The van der Waals surface area contributed by atoms with Crippen molar-refractivity contribution in [3.8, 4) is 0 Å². The van der Waals surface area contributed by atoms with Gasteiger partial charge in [-0.2, -0.15) is 0 Å². The third-order valence-electron chi connectivity index (χ3n) is 8.84. The zero-order valence-corrected chi connectivity index (χ0v) is 28.8. The fraction of sp³-hybridized carbons (Fsp3) is 0.639. The van der Waals surface area contributed by atoms with E-state index in [0.717, 1.165) is 63.0 Å². The van der Waals surface area contributed by atoms with Crippen molar-refractivity contribution in [1.82, 2.24) is 0 Å². The van der Waals surface area contributed by atoms with Crippen LogP contribution < -0.4 is 0 Å². The van der Waals surface area contributed by atoms with Crippen LogP contribution in [0.4, 0.5) is 0 Å². The minimum atomic E-state index is -1.04. The first-order chi connectivity index (χ1) is 21.7. The van der Waals surface area contributed by atoms with Gasteiger partial charge in [0.05, 0.1) is 11.7 Å². The summed E-state index contributed by atoms with van der Waals surface area (Å²) in [7, 11) is 0. The summed E-state index contributed by atoms with van der Waals surface area (Å²) < 4.78 is 13.6. The van der Waals surface area contributed by atoms with Crippen molar-refractivity contribution in [2.75, 3.05) is 6.61 Å². The molecule has 2 aliphatic rings. The Balaban J connectivity index is 2.26. The van der Waals surface area contributed by atoms with Gasteiger partial charge >= 0.3 is 17.9 Å². The molecule has 9 nitrogen and oxygen atoms in total. The number of carboxylic acid groups (broad SMARTS) is 3. The molecule has 0 aromatic carbocycles. The van der Waals surface area contributed by atoms with Crippen LogP contribution in [0, 0.1) is 11.8 Å². The Kier molecular flexibility index (Phi) is 16.5. The summed E-state index contributed by atoms with van der Waals surface area (Å²) in [5, 5.41) is 37.9. The average molecular weight is 663 g/mol. The summed E-state index contributed by atoms with van der Waals surface area (Å²) in [4.78, 5) is 32.8. The molecule has 2 saturated heterocycles. The zero-order chi connectivity index (χ0) is 34.3. The van der Waals surface area contributed by atoms with Gasteiger partial charge in [-0.3, -0.25) is 4.79 Å². The van der Waals surface area contributed by atoms with E-state index in [2.05, 4.69) is 19.9 Å². The number of allylic oxidation sites excluding steroid dienone is 5. The van der Waals surface area contributed by atoms with Gasteiger partial charge in [0, 0.05) is 36.3 Å². The van der Waals surface area contributed by atoms with Crippen molar-refractivity contribution in [3.05, 3.63) is 59.8 Å². The number of hydrogen-bond donors (Lipinski definition) is 4. The first-order valence-corrected chi connectivity index (χ1v) is 17.3. The van der Waals surface area contributed by atoms with Gasteiger partial charge in [-0.25, -0.2) is 9.59 Å². The number of hydrogen-bond acceptors (Lipinski definition) is 7. The van der Waals surface area contributed by atoms with Crippen molar-refractivity contribution in [1.29, 1.82) is 0 Å². The summed E-state index contributed by atoms with van der Waals surface area (Å²) in [6.45, 7) is 10.2. The fourth-order valence-corrected chi connectivity index (χ4v) is 7.61. The van der Waals surface area contributed by atoms with E-state index < -0.39 is 40.6 Å². The van der Waals surface area contributed by atoms with Gasteiger partial charge in [0.2, 0.25) is 0 Å². The monoisotopic (exact) mass is 662 g/mol. The SMILES string of the molecule is CCCCC1(OCCCC(=O)O)CCC2(CCC(C)C(C/C=C(C)/C=C/C(O)C(C)/C=C/C(=O)O)S2)OC1/C=C/C(C)=C/C(=O)O. The van der Waals surface area contributed by atoms with Crippen molar-refractivity contribution in [3.63, 3.8) is 0 Å². The molecule has 0 aliphatic carbocycles. The van der Waals surface area contributed by atoms with Gasteiger partial charge < -0.3 is 29.9 Å². The first kappa shape index (κ1) is 39.5. The normalized spacial score (nSPS) is 29.1. The number of aliphatic hydroxyl groups is 1. The lowest BCUT2D eigenvalue weighted by Gasteiger charge is -2.53. The summed E-state index contributed by atoms with van der Waals surface area (Å²) in [5.74, 6) is -2.77. The number of rotatable bonds is 18. The average Bonchev–Trinajstić information content (AvgIpc) is 3.00. The molecule has 2 fully saturated rings. The maximum absolute atomic E-state index is 11.3. The minimum Gasteiger partial charge on any atom is -0.481 e. The quantitative estimate of drug-likeness (QED) is 0.0668. The second kappa shape index (κ2) is 19.2. The molecule has 10 heteroatoms. The molecule has 1 spiro atoms. The largest absolute Gasteiger partial charge is 0.481 e. The van der Waals surface area contributed by atoms with Crippen LogP contribution in [-0.2, 0) is 23.9 Å². The third-order valence-corrected chi connectivity index (χ3v) is 10.7. The number of aliphatic carboxylic acids is 3. The van der Waals surface area contributed by atoms with E-state index in [-0.39, 0.29) is 12.3 Å². The molecular weight excluding hydrogens is 608 g/mol. The number of aliphatic hydroxyl groups excluding tert-OH is 1. The lowest BCUT2D eigenvalue weighted by molar-refractivity contribution is -0.201. The summed E-state index contributed by atoms with van der Waals surface area (Å²) in [6, 6.07) is 0. The van der Waals surface area contributed by atoms with E-state index in [9.17, 15) is 24.6 Å². The van der Waals surface area contributed by atoms with Crippen LogP contribution >= 0.6 is 11.8 Å². The fourth-order valence-electron chi connectivity index (χ4n) is 5.89. The van der Waals surface area contributed by atoms with Gasteiger partial charge in [0.25, 0.3) is 0 Å². The van der Waals surface area contributed by atoms with Crippen molar-refractivity contribution < 1.29 is 44.3 Å². The van der Waals surface area contributed by atoms with Crippen LogP contribution in [0.15, 0.2) is 59.8 Å². The molecule has 4 N–H and O–H groups in total. The summed E-state index contributed by atoms with van der Waals surface area (Å²) >= 11 is 1.87. The van der Waals surface area contributed by atoms with Gasteiger partial charge in [-0.15, -0.1) is 11.8 Å². The Bertz CT molecular complexity index is 1170. The molecule has 258 valence electrons. The summed E-state index contributed by atoms with van der Waals surface area (Å²) in [6.07, 6.45) is 19.3. The topological polar surface area (TPSA) is 151 Å². The van der Waals surface area contributed by atoms with E-state index in [1.807, 2.05) is 30.8 Å². The summed E-state index contributed by atoms with van der Waals surface area (Å²) in [5.41, 5.74) is 0.984. The number of carboxylic acids is 3. The molecule has 0 amide bonds. The van der Waals surface area contributed by atoms with E-state index in [1.165, 1.54) is 12.2 Å². The Labute approximate surface area is 278 Å². The van der Waals surface area contributed by atoms with Crippen LogP contribution in [-0.4, -0.2) is 72.9 Å². The Morgan fingerprint density at radius 1 is 1.00 bits per heavy atom. The lowest BCUT2D eigenvalue weighted by Crippen LogP contribution is -2.56. The highest BCUT2D eigenvalue weighted by Gasteiger charge is 2.52. The first-order valence-electron chi connectivity index (χ1n) is 16.5. The van der Waals surface area contributed by atoms with Crippen LogP contribution in [0.3, 0.4) is 0 Å². The molecule has 0 aromatic rings. The van der Waals surface area contributed by atoms with Crippen molar-refractivity contribution in [2.24, 2.45) is 11.8 Å². The molecule has 7 unspecified atom stereocenters. The Morgan fingerprint density at radius 2 is 1.74 bits per heavy atom. The highest BCUT2D eigenvalue weighted by atomic mass is 32.2. The predicted molar refractivity (Wildman–Crippen MR) is 182 cm³/mol. The number of ether oxygens (including phenoxy) is 2. The van der Waals surface area contributed by atoms with E-state index in [1.54, 1.807) is 26.0 Å². The molecule has 46 heavy (non-hydrogen) atoms. The molecule has 7 atom stereocenters. The molecule has 0 radical (unpaired) electrons.